The molecule has 0 saturated heterocycles. The third-order valence-corrected chi connectivity index (χ3v) is 2.58. The molecular formula is C16H21F3N4O6. The maximum atomic E-state index is 12.0. The van der Waals surface area contributed by atoms with Gasteiger partial charge in [0.05, 0.1) is 6.61 Å². The van der Waals surface area contributed by atoms with Crippen molar-refractivity contribution in [1.82, 2.24) is 4.98 Å². The number of aliphatic imine (C=N–C) groups is 1. The first-order chi connectivity index (χ1) is 13.5. The lowest BCUT2D eigenvalue weighted by Crippen LogP contribution is -2.26. The van der Waals surface area contributed by atoms with E-state index in [1.807, 2.05) is 0 Å². The van der Waals surface area contributed by atoms with Gasteiger partial charge in [-0.15, -0.1) is 0 Å². The van der Waals surface area contributed by atoms with E-state index in [2.05, 4.69) is 15.3 Å². The summed E-state index contributed by atoms with van der Waals surface area (Å²) in [5, 5.41) is 26.7. The predicted molar refractivity (Wildman–Crippen MR) is 96.6 cm³/mol. The lowest BCUT2D eigenvalue weighted by molar-refractivity contribution is -0.134. The number of halogens is 3. The number of nitrogens with zero attached hydrogens (tertiary/aromatic N) is 2. The second kappa shape index (κ2) is 13.8. The summed E-state index contributed by atoms with van der Waals surface area (Å²) in [6.45, 7) is -0.886. The van der Waals surface area contributed by atoms with Crippen molar-refractivity contribution in [3.05, 3.63) is 30.4 Å². The van der Waals surface area contributed by atoms with Crippen molar-refractivity contribution in [1.29, 1.82) is 0 Å². The second-order valence-corrected chi connectivity index (χ2v) is 5.09. The van der Waals surface area contributed by atoms with Gasteiger partial charge < -0.3 is 31.1 Å². The Morgan fingerprint density at radius 2 is 1.83 bits per heavy atom. The molecule has 0 bridgehead atoms. The smallest absolute Gasteiger partial charge is 0.408 e. The van der Waals surface area contributed by atoms with E-state index in [-0.39, 0.29) is 18.4 Å². The molecular weight excluding hydrogens is 401 g/mol. The van der Waals surface area contributed by atoms with Crippen molar-refractivity contribution >= 4 is 23.7 Å². The van der Waals surface area contributed by atoms with E-state index in [9.17, 15) is 22.8 Å². The van der Waals surface area contributed by atoms with Crippen LogP contribution in [-0.4, -0.2) is 64.1 Å². The molecule has 0 radical (unpaired) electrons. The zero-order chi connectivity index (χ0) is 22.3. The van der Waals surface area contributed by atoms with Crippen LogP contribution in [0.25, 0.3) is 0 Å². The van der Waals surface area contributed by atoms with Crippen LogP contribution in [0.3, 0.4) is 0 Å². The van der Waals surface area contributed by atoms with Gasteiger partial charge in [0.2, 0.25) is 5.88 Å². The summed E-state index contributed by atoms with van der Waals surface area (Å²) >= 11 is 0. The van der Waals surface area contributed by atoms with E-state index in [1.54, 1.807) is 12.1 Å². The lowest BCUT2D eigenvalue weighted by atomic mass is 10.3. The molecule has 0 aliphatic heterocycles. The average Bonchev–Trinajstić information content (AvgIpc) is 2.62. The number of rotatable bonds is 9. The highest BCUT2D eigenvalue weighted by molar-refractivity contribution is 5.91. The van der Waals surface area contributed by atoms with Crippen LogP contribution in [0, 0.1) is 0 Å². The number of nitrogens with one attached hydrogen (secondary N) is 1. The molecule has 6 N–H and O–H groups in total. The number of carbonyl (C=O) groups is 2. The molecule has 0 aliphatic rings. The molecule has 0 atom stereocenters. The number of aliphatic carboxylic acids is 2. The quantitative estimate of drug-likeness (QED) is 0.170. The number of unbranched alkanes of at least 4 members (excludes halogenated alkanes) is 1. The number of ether oxygens (including phenoxy) is 1. The van der Waals surface area contributed by atoms with Gasteiger partial charge in [0, 0.05) is 24.8 Å². The summed E-state index contributed by atoms with van der Waals surface area (Å²) in [5.74, 6) is -2.35. The number of hydrogen-bond acceptors (Lipinski definition) is 6. The Labute approximate surface area is 163 Å². The molecule has 29 heavy (non-hydrogen) atoms. The molecule has 10 nitrogen and oxygen atoms in total. The van der Waals surface area contributed by atoms with Gasteiger partial charge in [-0.1, -0.05) is 6.07 Å². The average molecular weight is 422 g/mol. The van der Waals surface area contributed by atoms with Gasteiger partial charge in [-0.2, -0.15) is 18.2 Å². The summed E-state index contributed by atoms with van der Waals surface area (Å²) in [7, 11) is 0. The van der Waals surface area contributed by atoms with Crippen LogP contribution < -0.4 is 15.8 Å². The summed E-state index contributed by atoms with van der Waals surface area (Å²) in [4.78, 5) is 26.3. The van der Waals surface area contributed by atoms with Gasteiger partial charge in [0.1, 0.15) is 12.4 Å². The van der Waals surface area contributed by atoms with E-state index in [0.717, 1.165) is 0 Å². The van der Waals surface area contributed by atoms with E-state index in [4.69, 9.17) is 25.8 Å². The molecule has 0 aliphatic carbocycles. The topological polar surface area (TPSA) is 167 Å². The van der Waals surface area contributed by atoms with Crippen LogP contribution in [0.1, 0.15) is 12.8 Å². The van der Waals surface area contributed by atoms with Gasteiger partial charge in [0.25, 0.3) is 0 Å². The Hall–Kier alpha value is -3.35. The monoisotopic (exact) mass is 422 g/mol. The first kappa shape index (κ1) is 25.6. The van der Waals surface area contributed by atoms with Gasteiger partial charge in [0.15, 0.2) is 5.96 Å². The summed E-state index contributed by atoms with van der Waals surface area (Å²) in [6, 6.07) is 4.75. The number of aliphatic hydroxyl groups excluding tert-OH is 1. The zero-order valence-electron chi connectivity index (χ0n) is 15.1. The van der Waals surface area contributed by atoms with Crippen molar-refractivity contribution < 1.29 is 42.8 Å². The number of carboxylic acids is 2. The Bertz CT molecular complexity index is 694. The highest BCUT2D eigenvalue weighted by Crippen LogP contribution is 2.15. The standard InChI is InChI=1S/C12H17F3N4O2.C4H4O4/c13-12(14,15)8-17-11(16)19-9-4-3-5-10(18-9)21-7-2-1-6-20;5-3(6)1-2-4(7)8/h3-5,20H,1-2,6-8H2,(H3,16,17,18,19);1-2H,(H,5,6)(H,7,8)/b;2-1-. The molecule has 1 aromatic heterocycles. The van der Waals surface area contributed by atoms with Crippen LogP contribution in [0.2, 0.25) is 0 Å². The van der Waals surface area contributed by atoms with Gasteiger partial charge >= 0.3 is 18.1 Å². The fourth-order valence-electron chi connectivity index (χ4n) is 1.44. The molecule has 0 amide bonds. The molecule has 0 fully saturated rings. The molecule has 1 heterocycles. The van der Waals surface area contributed by atoms with Crippen molar-refractivity contribution in [2.75, 3.05) is 25.1 Å². The molecule has 1 aromatic rings. The van der Waals surface area contributed by atoms with Crippen molar-refractivity contribution in [2.24, 2.45) is 10.7 Å². The number of nitrogens with two attached hydrogens (primary N) is 1. The number of carboxylic acid groups (broad SMARTS) is 2. The highest BCUT2D eigenvalue weighted by atomic mass is 19.4. The SMILES string of the molecule is N/C(=N/CC(F)(F)F)Nc1cccc(OCCCCO)n1.O=C(O)/C=C\C(=O)O. The Balaban J connectivity index is 0.000000828. The van der Waals surface area contributed by atoms with Crippen LogP contribution in [0.5, 0.6) is 5.88 Å². The first-order valence-corrected chi connectivity index (χ1v) is 8.02. The molecule has 13 heteroatoms. The molecule has 0 unspecified atom stereocenters. The lowest BCUT2D eigenvalue weighted by Gasteiger charge is -2.08. The number of guanidine groups is 1. The third kappa shape index (κ3) is 16.5. The number of aromatic nitrogens is 1. The van der Waals surface area contributed by atoms with E-state index in [0.29, 0.717) is 37.5 Å². The Kier molecular flexibility index (Phi) is 12.2. The largest absolute Gasteiger partial charge is 0.478 e. The van der Waals surface area contributed by atoms with E-state index < -0.39 is 24.7 Å². The number of aliphatic hydroxyl groups is 1. The number of hydrogen-bond donors (Lipinski definition) is 5. The number of anilines is 1. The van der Waals surface area contributed by atoms with Gasteiger partial charge in [-0.25, -0.2) is 14.6 Å². The van der Waals surface area contributed by atoms with Crippen molar-refractivity contribution in [3.8, 4) is 5.88 Å². The van der Waals surface area contributed by atoms with Crippen molar-refractivity contribution in [2.45, 2.75) is 19.0 Å². The highest BCUT2D eigenvalue weighted by Gasteiger charge is 2.26. The van der Waals surface area contributed by atoms with Gasteiger partial charge in [-0.05, 0) is 18.9 Å². The third-order valence-electron chi connectivity index (χ3n) is 2.58. The fraction of sp³-hybridized carbons (Fsp3) is 0.375. The number of pyridine rings is 1. The summed E-state index contributed by atoms with van der Waals surface area (Å²) in [5.41, 5.74) is 5.33. The molecule has 1 rings (SSSR count). The Morgan fingerprint density at radius 1 is 1.21 bits per heavy atom. The molecule has 0 spiro atoms. The second-order valence-electron chi connectivity index (χ2n) is 5.09. The maximum absolute atomic E-state index is 12.0. The normalized spacial score (nSPS) is 11.5. The maximum Gasteiger partial charge on any atom is 0.408 e. The van der Waals surface area contributed by atoms with E-state index in [1.165, 1.54) is 6.07 Å². The first-order valence-electron chi connectivity index (χ1n) is 8.02. The van der Waals surface area contributed by atoms with Crippen LogP contribution in [0.15, 0.2) is 35.3 Å². The van der Waals surface area contributed by atoms with Crippen LogP contribution in [-0.2, 0) is 9.59 Å². The minimum Gasteiger partial charge on any atom is -0.478 e. The Morgan fingerprint density at radius 3 is 2.34 bits per heavy atom. The number of alkyl halides is 3. The van der Waals surface area contributed by atoms with Gasteiger partial charge in [-0.3, -0.25) is 0 Å². The summed E-state index contributed by atoms with van der Waals surface area (Å²) in [6.07, 6.45) is -2.00. The van der Waals surface area contributed by atoms with Crippen LogP contribution in [0.4, 0.5) is 19.0 Å². The zero-order valence-corrected chi connectivity index (χ0v) is 15.1. The minimum absolute atomic E-state index is 0.0879. The predicted octanol–water partition coefficient (Wildman–Crippen LogP) is 1.23. The van der Waals surface area contributed by atoms with Crippen LogP contribution >= 0.6 is 0 Å². The summed E-state index contributed by atoms with van der Waals surface area (Å²) < 4.78 is 41.3. The molecule has 0 aromatic carbocycles. The molecule has 162 valence electrons. The fourth-order valence-corrected chi connectivity index (χ4v) is 1.44. The van der Waals surface area contributed by atoms with Crippen molar-refractivity contribution in [3.63, 3.8) is 0 Å². The van der Waals surface area contributed by atoms with E-state index >= 15 is 0 Å². The minimum atomic E-state index is -4.41. The molecule has 0 saturated carbocycles.